The lowest BCUT2D eigenvalue weighted by Crippen LogP contribution is -2.32. The molecule has 0 radical (unpaired) electrons. The van der Waals surface area contributed by atoms with E-state index >= 15 is 0 Å². The highest BCUT2D eigenvalue weighted by Crippen LogP contribution is 2.26. The number of aliphatic carboxylic acids is 1. The van der Waals surface area contributed by atoms with Gasteiger partial charge in [0.05, 0.1) is 0 Å². The van der Waals surface area contributed by atoms with Crippen molar-refractivity contribution in [2.45, 2.75) is 19.4 Å². The summed E-state index contributed by atoms with van der Waals surface area (Å²) in [5, 5.41) is 8.70. The van der Waals surface area contributed by atoms with Gasteiger partial charge in [-0.1, -0.05) is 16.3 Å². The van der Waals surface area contributed by atoms with Crippen LogP contribution in [0.2, 0.25) is 0 Å². The number of carbonyl (C=O) groups is 1. The SMILES string of the molecule is C[C@@H]1CCN(P)C1C(=O)O. The fraction of sp³-hybridized carbons (Fsp3) is 0.833. The monoisotopic (exact) mass is 161 g/mol. The first-order valence-electron chi connectivity index (χ1n) is 3.37. The molecule has 0 aromatic rings. The maximum absolute atomic E-state index is 10.6. The Morgan fingerprint density at radius 2 is 2.40 bits per heavy atom. The predicted octanol–water partition coefficient (Wildman–Crippen LogP) is 0.571. The average molecular weight is 161 g/mol. The molecule has 1 fully saturated rings. The molecular formula is C6H12NO2P. The van der Waals surface area contributed by atoms with E-state index in [0.29, 0.717) is 0 Å². The summed E-state index contributed by atoms with van der Waals surface area (Å²) in [6.07, 6.45) is 0.987. The van der Waals surface area contributed by atoms with Gasteiger partial charge >= 0.3 is 5.97 Å². The fourth-order valence-electron chi connectivity index (χ4n) is 1.36. The lowest BCUT2D eigenvalue weighted by atomic mass is 10.0. The Kier molecular flexibility index (Phi) is 2.27. The smallest absolute Gasteiger partial charge is 0.321 e. The van der Waals surface area contributed by atoms with E-state index < -0.39 is 5.97 Å². The Balaban J connectivity index is 2.63. The first kappa shape index (κ1) is 7.96. The average Bonchev–Trinajstić information content (AvgIpc) is 2.11. The molecule has 1 heterocycles. The van der Waals surface area contributed by atoms with Crippen LogP contribution in [0.3, 0.4) is 0 Å². The third-order valence-electron chi connectivity index (χ3n) is 1.99. The molecule has 2 unspecified atom stereocenters. The van der Waals surface area contributed by atoms with E-state index in [4.69, 9.17) is 5.11 Å². The summed E-state index contributed by atoms with van der Waals surface area (Å²) < 4.78 is 1.81. The summed E-state index contributed by atoms with van der Waals surface area (Å²) in [6, 6.07) is -0.287. The van der Waals surface area contributed by atoms with E-state index in [1.165, 1.54) is 0 Å². The van der Waals surface area contributed by atoms with E-state index in [9.17, 15) is 4.79 Å². The van der Waals surface area contributed by atoms with Crippen LogP contribution in [0.15, 0.2) is 0 Å². The molecule has 0 spiro atoms. The fourth-order valence-corrected chi connectivity index (χ4v) is 1.93. The van der Waals surface area contributed by atoms with Crippen LogP contribution < -0.4 is 0 Å². The van der Waals surface area contributed by atoms with Gasteiger partial charge in [-0.25, -0.2) is 0 Å². The molecule has 1 N–H and O–H groups in total. The molecule has 3 nitrogen and oxygen atoms in total. The zero-order valence-electron chi connectivity index (χ0n) is 5.95. The van der Waals surface area contributed by atoms with Crippen molar-refractivity contribution in [2.75, 3.05) is 6.54 Å². The first-order chi connectivity index (χ1) is 4.63. The molecule has 4 heteroatoms. The van der Waals surface area contributed by atoms with Gasteiger partial charge in [0.15, 0.2) is 0 Å². The molecule has 3 atom stereocenters. The highest BCUT2D eigenvalue weighted by molar-refractivity contribution is 7.13. The molecule has 0 saturated carbocycles. The second kappa shape index (κ2) is 2.85. The van der Waals surface area contributed by atoms with E-state index in [-0.39, 0.29) is 12.0 Å². The number of carboxylic acids is 1. The van der Waals surface area contributed by atoms with Crippen molar-refractivity contribution < 1.29 is 9.90 Å². The predicted molar refractivity (Wildman–Crippen MR) is 41.6 cm³/mol. The van der Waals surface area contributed by atoms with Crippen LogP contribution in [0.25, 0.3) is 0 Å². The van der Waals surface area contributed by atoms with Gasteiger partial charge < -0.3 is 5.11 Å². The second-order valence-corrected chi connectivity index (χ2v) is 3.45. The van der Waals surface area contributed by atoms with Crippen LogP contribution >= 0.6 is 9.39 Å². The molecule has 0 aromatic carbocycles. The van der Waals surface area contributed by atoms with E-state index in [0.717, 1.165) is 13.0 Å². The van der Waals surface area contributed by atoms with Gasteiger partial charge in [0, 0.05) is 6.54 Å². The van der Waals surface area contributed by atoms with Gasteiger partial charge in [-0.3, -0.25) is 9.46 Å². The normalized spacial score (nSPS) is 34.6. The quantitative estimate of drug-likeness (QED) is 0.571. The van der Waals surface area contributed by atoms with E-state index in [1.54, 1.807) is 0 Å². The molecule has 0 aliphatic carbocycles. The largest absolute Gasteiger partial charge is 0.480 e. The Morgan fingerprint density at radius 3 is 2.60 bits per heavy atom. The summed E-state index contributed by atoms with van der Waals surface area (Å²) in [4.78, 5) is 10.6. The minimum Gasteiger partial charge on any atom is -0.480 e. The van der Waals surface area contributed by atoms with Gasteiger partial charge in [-0.05, 0) is 12.3 Å². The zero-order chi connectivity index (χ0) is 7.72. The second-order valence-electron chi connectivity index (χ2n) is 2.79. The Labute approximate surface area is 62.7 Å². The van der Waals surface area contributed by atoms with Crippen LogP contribution in [0, 0.1) is 5.92 Å². The number of hydrogen-bond donors (Lipinski definition) is 1. The van der Waals surface area contributed by atoms with Crippen molar-refractivity contribution in [3.63, 3.8) is 0 Å². The van der Waals surface area contributed by atoms with Gasteiger partial charge in [0.1, 0.15) is 6.04 Å². The van der Waals surface area contributed by atoms with E-state index in [1.807, 2.05) is 11.6 Å². The maximum atomic E-state index is 10.6. The Bertz CT molecular complexity index is 141. The van der Waals surface area contributed by atoms with Crippen molar-refractivity contribution in [1.82, 2.24) is 4.67 Å². The standard InChI is InChI=1S/C6H12NO2P/c1-4-2-3-7(10)5(4)6(8)9/h4-5H,2-3,10H2,1H3,(H,8,9)/t4-,5?/m1/s1. The molecule has 0 bridgehead atoms. The summed E-state index contributed by atoms with van der Waals surface area (Å²) >= 11 is 0. The molecule has 0 amide bonds. The molecule has 10 heavy (non-hydrogen) atoms. The third-order valence-corrected chi connectivity index (χ3v) is 2.57. The maximum Gasteiger partial charge on any atom is 0.321 e. The van der Waals surface area contributed by atoms with Gasteiger partial charge in [-0.2, -0.15) is 0 Å². The minimum absolute atomic E-state index is 0.287. The summed E-state index contributed by atoms with van der Waals surface area (Å²) in [6.45, 7) is 2.85. The van der Waals surface area contributed by atoms with Crippen molar-refractivity contribution in [3.8, 4) is 0 Å². The molecule has 1 aliphatic rings. The lowest BCUT2D eigenvalue weighted by Gasteiger charge is -2.16. The third kappa shape index (κ3) is 1.30. The lowest BCUT2D eigenvalue weighted by molar-refractivity contribution is -0.141. The van der Waals surface area contributed by atoms with Crippen molar-refractivity contribution in [1.29, 1.82) is 0 Å². The highest BCUT2D eigenvalue weighted by atomic mass is 31.0. The topological polar surface area (TPSA) is 40.5 Å². The van der Waals surface area contributed by atoms with Gasteiger partial charge in [-0.15, -0.1) is 0 Å². The van der Waals surface area contributed by atoms with Crippen LogP contribution in [-0.4, -0.2) is 28.3 Å². The minimum atomic E-state index is -0.708. The molecule has 1 aliphatic heterocycles. The summed E-state index contributed by atoms with van der Waals surface area (Å²) in [5.74, 6) is -0.421. The molecule has 0 aromatic heterocycles. The van der Waals surface area contributed by atoms with Gasteiger partial charge in [0.2, 0.25) is 0 Å². The first-order valence-corrected chi connectivity index (χ1v) is 3.88. The highest BCUT2D eigenvalue weighted by Gasteiger charge is 2.34. The number of nitrogens with zero attached hydrogens (tertiary/aromatic N) is 1. The number of carboxylic acid groups (broad SMARTS) is 1. The van der Waals surface area contributed by atoms with Crippen LogP contribution in [-0.2, 0) is 4.79 Å². The summed E-state index contributed by atoms with van der Waals surface area (Å²) in [5.41, 5.74) is 0. The zero-order valence-corrected chi connectivity index (χ0v) is 7.10. The summed E-state index contributed by atoms with van der Waals surface area (Å²) in [7, 11) is 2.46. The number of hydrogen-bond acceptors (Lipinski definition) is 2. The number of rotatable bonds is 1. The van der Waals surface area contributed by atoms with Crippen molar-refractivity contribution >= 4 is 15.4 Å². The van der Waals surface area contributed by atoms with Crippen molar-refractivity contribution in [2.24, 2.45) is 5.92 Å². The van der Waals surface area contributed by atoms with Gasteiger partial charge in [0.25, 0.3) is 0 Å². The Hall–Kier alpha value is -0.140. The van der Waals surface area contributed by atoms with Crippen LogP contribution in [0.4, 0.5) is 0 Å². The molecule has 1 saturated heterocycles. The van der Waals surface area contributed by atoms with Crippen LogP contribution in [0.1, 0.15) is 13.3 Å². The van der Waals surface area contributed by atoms with Crippen molar-refractivity contribution in [3.05, 3.63) is 0 Å². The molecule has 58 valence electrons. The molecular weight excluding hydrogens is 149 g/mol. The van der Waals surface area contributed by atoms with Crippen LogP contribution in [0.5, 0.6) is 0 Å². The van der Waals surface area contributed by atoms with E-state index in [2.05, 4.69) is 9.39 Å². The Morgan fingerprint density at radius 1 is 1.80 bits per heavy atom. The molecule has 1 rings (SSSR count).